The molecule has 0 radical (unpaired) electrons. The molecule has 0 saturated heterocycles. The Labute approximate surface area is 136 Å². The third-order valence-corrected chi connectivity index (χ3v) is 4.64. The summed E-state index contributed by atoms with van der Waals surface area (Å²) in [6, 6.07) is 7.90. The Morgan fingerprint density at radius 2 is 2.00 bits per heavy atom. The summed E-state index contributed by atoms with van der Waals surface area (Å²) >= 11 is 1.52. The van der Waals surface area contributed by atoms with Crippen molar-refractivity contribution in [3.63, 3.8) is 0 Å². The average molecular weight is 321 g/mol. The lowest BCUT2D eigenvalue weighted by Gasteiger charge is -2.29. The fourth-order valence-electron chi connectivity index (χ4n) is 2.33. The Morgan fingerprint density at radius 3 is 2.73 bits per heavy atom. The summed E-state index contributed by atoms with van der Waals surface area (Å²) in [7, 11) is 0. The monoisotopic (exact) mass is 321 g/mol. The first-order chi connectivity index (χ1) is 10.4. The molecule has 0 N–H and O–H groups in total. The second-order valence-electron chi connectivity index (χ2n) is 6.34. The Kier molecular flexibility index (Phi) is 5.51. The van der Waals surface area contributed by atoms with Crippen molar-refractivity contribution in [2.75, 3.05) is 23.8 Å². The number of carbonyl (C=O) groups excluding carboxylic acids is 2. The van der Waals surface area contributed by atoms with E-state index in [1.54, 1.807) is 4.90 Å². The van der Waals surface area contributed by atoms with E-state index in [9.17, 15) is 9.59 Å². The van der Waals surface area contributed by atoms with E-state index in [1.165, 1.54) is 17.3 Å². The summed E-state index contributed by atoms with van der Waals surface area (Å²) < 4.78 is 5.13. The van der Waals surface area contributed by atoms with Gasteiger partial charge in [-0.2, -0.15) is 0 Å². The molecule has 0 bridgehead atoms. The van der Waals surface area contributed by atoms with Crippen molar-refractivity contribution in [1.82, 2.24) is 0 Å². The third kappa shape index (κ3) is 4.77. The number of rotatable bonds is 4. The van der Waals surface area contributed by atoms with Gasteiger partial charge >= 0.3 is 5.97 Å². The second kappa shape index (κ2) is 7.18. The minimum absolute atomic E-state index is 0.00877. The first-order valence-corrected chi connectivity index (χ1v) is 8.53. The molecule has 1 aliphatic rings. The molecule has 0 saturated carbocycles. The zero-order valence-electron chi connectivity index (χ0n) is 13.4. The first kappa shape index (κ1) is 16.9. The largest absolute Gasteiger partial charge is 0.455 e. The summed E-state index contributed by atoms with van der Waals surface area (Å²) in [6.07, 6.45) is 1.93. The number of carbonyl (C=O) groups is 2. The second-order valence-corrected chi connectivity index (χ2v) is 8.14. The molecule has 5 heteroatoms. The fourth-order valence-corrected chi connectivity index (χ4v) is 2.96. The quantitative estimate of drug-likeness (QED) is 0.800. The van der Waals surface area contributed by atoms with Gasteiger partial charge in [0.1, 0.15) is 0 Å². The Bertz CT molecular complexity index is 551. The molecule has 4 nitrogen and oxygen atoms in total. The van der Waals surface area contributed by atoms with Gasteiger partial charge in [-0.25, -0.2) is 0 Å². The number of para-hydroxylation sites is 1. The van der Waals surface area contributed by atoms with E-state index in [0.29, 0.717) is 6.54 Å². The van der Waals surface area contributed by atoms with Gasteiger partial charge in [-0.05, 0) is 24.5 Å². The topological polar surface area (TPSA) is 46.6 Å². The molecule has 2 rings (SSSR count). The number of nitrogens with zero attached hydrogens (tertiary/aromatic N) is 1. The SMILES string of the molecule is CC(C)(C)SCC(=O)OCC(=O)N1CCCc2ccccc21. The Hall–Kier alpha value is -1.49. The van der Waals surface area contributed by atoms with Gasteiger partial charge in [-0.1, -0.05) is 39.0 Å². The molecule has 0 aromatic heterocycles. The number of benzene rings is 1. The van der Waals surface area contributed by atoms with Crippen LogP contribution in [0.4, 0.5) is 5.69 Å². The average Bonchev–Trinajstić information content (AvgIpc) is 2.49. The van der Waals surface area contributed by atoms with E-state index in [4.69, 9.17) is 4.74 Å². The van der Waals surface area contributed by atoms with Crippen LogP contribution in [0.2, 0.25) is 0 Å². The van der Waals surface area contributed by atoms with Crippen molar-refractivity contribution < 1.29 is 14.3 Å². The first-order valence-electron chi connectivity index (χ1n) is 7.55. The number of amides is 1. The van der Waals surface area contributed by atoms with Crippen LogP contribution in [0.5, 0.6) is 0 Å². The number of fused-ring (bicyclic) bond motifs is 1. The van der Waals surface area contributed by atoms with Crippen LogP contribution >= 0.6 is 11.8 Å². The third-order valence-electron chi connectivity index (χ3n) is 3.39. The number of esters is 1. The van der Waals surface area contributed by atoms with E-state index in [0.717, 1.165) is 18.5 Å². The lowest BCUT2D eigenvalue weighted by atomic mass is 10.0. The van der Waals surface area contributed by atoms with Crippen molar-refractivity contribution in [1.29, 1.82) is 0 Å². The minimum atomic E-state index is -0.335. The molecular weight excluding hydrogens is 298 g/mol. The molecule has 1 heterocycles. The van der Waals surface area contributed by atoms with Crippen molar-refractivity contribution in [2.24, 2.45) is 0 Å². The van der Waals surface area contributed by atoms with Crippen LogP contribution in [0.25, 0.3) is 0 Å². The molecule has 0 spiro atoms. The van der Waals surface area contributed by atoms with Gasteiger partial charge in [0.05, 0.1) is 5.75 Å². The number of thioether (sulfide) groups is 1. The lowest BCUT2D eigenvalue weighted by Crippen LogP contribution is -2.38. The highest BCUT2D eigenvalue weighted by Gasteiger charge is 2.23. The molecule has 1 aromatic carbocycles. The van der Waals surface area contributed by atoms with E-state index < -0.39 is 0 Å². The molecule has 22 heavy (non-hydrogen) atoms. The number of hydrogen-bond donors (Lipinski definition) is 0. The van der Waals surface area contributed by atoms with Crippen molar-refractivity contribution >= 4 is 29.3 Å². The number of aryl methyl sites for hydroxylation is 1. The van der Waals surface area contributed by atoms with Crippen LogP contribution < -0.4 is 4.90 Å². The van der Waals surface area contributed by atoms with Crippen molar-refractivity contribution in [3.05, 3.63) is 29.8 Å². The number of hydrogen-bond acceptors (Lipinski definition) is 4. The van der Waals surface area contributed by atoms with Crippen LogP contribution in [0.3, 0.4) is 0 Å². The zero-order valence-corrected chi connectivity index (χ0v) is 14.2. The highest BCUT2D eigenvalue weighted by Crippen LogP contribution is 2.27. The molecular formula is C17H23NO3S. The molecule has 1 aromatic rings. The van der Waals surface area contributed by atoms with Crippen LogP contribution in [-0.2, 0) is 20.7 Å². The molecule has 1 aliphatic heterocycles. The zero-order chi connectivity index (χ0) is 16.2. The van der Waals surface area contributed by atoms with Gasteiger partial charge in [0.2, 0.25) is 0 Å². The molecule has 120 valence electrons. The normalized spacial score (nSPS) is 14.4. The smallest absolute Gasteiger partial charge is 0.316 e. The highest BCUT2D eigenvalue weighted by molar-refractivity contribution is 8.01. The van der Waals surface area contributed by atoms with Crippen LogP contribution in [0.15, 0.2) is 24.3 Å². The Morgan fingerprint density at radius 1 is 1.27 bits per heavy atom. The molecule has 0 unspecified atom stereocenters. The lowest BCUT2D eigenvalue weighted by molar-refractivity contribution is -0.145. The van der Waals surface area contributed by atoms with Gasteiger partial charge in [0.15, 0.2) is 6.61 Å². The van der Waals surface area contributed by atoms with Crippen molar-refractivity contribution in [2.45, 2.75) is 38.4 Å². The van der Waals surface area contributed by atoms with Crippen LogP contribution in [0, 0.1) is 0 Å². The highest BCUT2D eigenvalue weighted by atomic mass is 32.2. The summed E-state index contributed by atoms with van der Waals surface area (Å²) in [6.45, 7) is 6.63. The maximum atomic E-state index is 12.3. The van der Waals surface area contributed by atoms with Gasteiger partial charge < -0.3 is 9.64 Å². The predicted octanol–water partition coefficient (Wildman–Crippen LogP) is 3.04. The van der Waals surface area contributed by atoms with E-state index >= 15 is 0 Å². The maximum Gasteiger partial charge on any atom is 0.316 e. The maximum absolute atomic E-state index is 12.3. The van der Waals surface area contributed by atoms with E-state index in [-0.39, 0.29) is 29.0 Å². The van der Waals surface area contributed by atoms with Gasteiger partial charge in [-0.3, -0.25) is 9.59 Å². The summed E-state index contributed by atoms with van der Waals surface area (Å²) in [5.41, 5.74) is 2.12. The van der Waals surface area contributed by atoms with Gasteiger partial charge in [0, 0.05) is 17.0 Å². The van der Waals surface area contributed by atoms with Gasteiger partial charge in [0.25, 0.3) is 5.91 Å². The molecule has 0 fully saturated rings. The summed E-state index contributed by atoms with van der Waals surface area (Å²) in [4.78, 5) is 25.7. The van der Waals surface area contributed by atoms with Crippen LogP contribution in [-0.4, -0.2) is 35.5 Å². The standard InChI is InChI=1S/C17H23NO3S/c1-17(2,3)22-12-16(20)21-11-15(19)18-10-6-8-13-7-4-5-9-14(13)18/h4-5,7,9H,6,8,10-12H2,1-3H3. The Balaban J connectivity index is 1.87. The fraction of sp³-hybridized carbons (Fsp3) is 0.529. The molecule has 0 aliphatic carbocycles. The number of anilines is 1. The molecule has 1 amide bonds. The summed E-state index contributed by atoms with van der Waals surface area (Å²) in [5, 5.41) is 0. The van der Waals surface area contributed by atoms with E-state index in [1.807, 2.05) is 45.0 Å². The van der Waals surface area contributed by atoms with Gasteiger partial charge in [-0.15, -0.1) is 11.8 Å². The predicted molar refractivity (Wildman–Crippen MR) is 90.3 cm³/mol. The van der Waals surface area contributed by atoms with E-state index in [2.05, 4.69) is 0 Å². The van der Waals surface area contributed by atoms with Crippen LogP contribution in [0.1, 0.15) is 32.8 Å². The van der Waals surface area contributed by atoms with Crippen molar-refractivity contribution in [3.8, 4) is 0 Å². The summed E-state index contributed by atoms with van der Waals surface area (Å²) in [5.74, 6) is -0.215. The molecule has 0 atom stereocenters. The number of ether oxygens (including phenoxy) is 1. The minimum Gasteiger partial charge on any atom is -0.455 e.